The molecule has 1 aromatic heterocycles. The minimum atomic E-state index is -0.226. The zero-order chi connectivity index (χ0) is 18.5. The number of carbonyl (C=O) groups excluding carboxylic acids is 1. The Balaban J connectivity index is 1.93. The van der Waals surface area contributed by atoms with Crippen LogP contribution in [-0.4, -0.2) is 24.2 Å². The number of carbonyl (C=O) groups is 1. The third-order valence-electron chi connectivity index (χ3n) is 3.66. The first-order valence-corrected chi connectivity index (χ1v) is 8.98. The second-order valence-electron chi connectivity index (χ2n) is 5.42. The average molecular weight is 386 g/mol. The lowest BCUT2D eigenvalue weighted by Crippen LogP contribution is -2.12. The van der Waals surface area contributed by atoms with Crippen LogP contribution in [-0.2, 0) is 4.84 Å². The van der Waals surface area contributed by atoms with Gasteiger partial charge in [0.15, 0.2) is 4.47 Å². The fourth-order valence-corrected chi connectivity index (χ4v) is 3.54. The molecule has 0 aliphatic carbocycles. The molecule has 5 nitrogen and oxygen atoms in total. The van der Waals surface area contributed by atoms with Crippen molar-refractivity contribution in [1.29, 1.82) is 0 Å². The van der Waals surface area contributed by atoms with Crippen molar-refractivity contribution in [3.8, 4) is 11.1 Å². The van der Waals surface area contributed by atoms with Crippen LogP contribution in [0.2, 0.25) is 4.47 Å². The predicted octanol–water partition coefficient (Wildman–Crippen LogP) is 5.00. The van der Waals surface area contributed by atoms with Gasteiger partial charge in [0.1, 0.15) is 12.0 Å². The summed E-state index contributed by atoms with van der Waals surface area (Å²) in [4.78, 5) is 21.9. The van der Waals surface area contributed by atoms with Crippen molar-refractivity contribution in [3.05, 3.63) is 69.1 Å². The van der Waals surface area contributed by atoms with Crippen LogP contribution < -0.4 is 5.32 Å². The highest BCUT2D eigenvalue weighted by Gasteiger charge is 2.16. The Morgan fingerprint density at radius 3 is 2.81 bits per heavy atom. The molecule has 132 valence electrons. The van der Waals surface area contributed by atoms with Gasteiger partial charge in [0.2, 0.25) is 0 Å². The number of hydrogen-bond donors (Lipinski definition) is 1. The lowest BCUT2D eigenvalue weighted by molar-refractivity contribution is 0.103. The van der Waals surface area contributed by atoms with Crippen molar-refractivity contribution in [2.24, 2.45) is 5.16 Å². The SMILES string of the molecule is CO/N=C/c1cccc(-c2ccccc2NC(=O)c2sc(Cl)nc2C)c1. The van der Waals surface area contributed by atoms with Crippen LogP contribution in [0.1, 0.15) is 20.9 Å². The topological polar surface area (TPSA) is 63.6 Å². The van der Waals surface area contributed by atoms with Gasteiger partial charge in [-0.3, -0.25) is 4.79 Å². The summed E-state index contributed by atoms with van der Waals surface area (Å²) in [6, 6.07) is 15.4. The molecule has 0 atom stereocenters. The largest absolute Gasteiger partial charge is 0.399 e. The molecule has 2 aromatic carbocycles. The van der Waals surface area contributed by atoms with Crippen molar-refractivity contribution in [1.82, 2.24) is 4.98 Å². The quantitative estimate of drug-likeness (QED) is 0.496. The third kappa shape index (κ3) is 4.09. The van der Waals surface area contributed by atoms with Gasteiger partial charge in [-0.05, 0) is 30.2 Å². The van der Waals surface area contributed by atoms with Crippen molar-refractivity contribution >= 4 is 40.7 Å². The summed E-state index contributed by atoms with van der Waals surface area (Å²) in [7, 11) is 1.50. The smallest absolute Gasteiger partial charge is 0.267 e. The van der Waals surface area contributed by atoms with Crippen LogP contribution in [0.25, 0.3) is 11.1 Å². The van der Waals surface area contributed by atoms with Crippen LogP contribution in [0.3, 0.4) is 0 Å². The molecule has 0 fully saturated rings. The molecule has 1 N–H and O–H groups in total. The number of aryl methyl sites for hydroxylation is 1. The first kappa shape index (κ1) is 18.1. The molecule has 1 heterocycles. The Bertz CT molecular complexity index is 969. The minimum absolute atomic E-state index is 0.226. The van der Waals surface area contributed by atoms with Gasteiger partial charge in [-0.2, -0.15) is 0 Å². The Morgan fingerprint density at radius 1 is 1.27 bits per heavy atom. The maximum atomic E-state index is 12.6. The van der Waals surface area contributed by atoms with Gasteiger partial charge in [0, 0.05) is 11.3 Å². The molecule has 3 aromatic rings. The zero-order valence-corrected chi connectivity index (χ0v) is 15.8. The fraction of sp³-hybridized carbons (Fsp3) is 0.105. The van der Waals surface area contributed by atoms with Gasteiger partial charge >= 0.3 is 0 Å². The van der Waals surface area contributed by atoms with E-state index in [1.807, 2.05) is 48.5 Å². The molecule has 0 aliphatic heterocycles. The second-order valence-corrected chi connectivity index (χ2v) is 7.00. The van der Waals surface area contributed by atoms with Gasteiger partial charge in [0.25, 0.3) is 5.91 Å². The lowest BCUT2D eigenvalue weighted by atomic mass is 10.0. The van der Waals surface area contributed by atoms with Gasteiger partial charge < -0.3 is 10.2 Å². The number of rotatable bonds is 5. The molecule has 26 heavy (non-hydrogen) atoms. The number of anilines is 1. The van der Waals surface area contributed by atoms with Crippen molar-refractivity contribution < 1.29 is 9.63 Å². The highest BCUT2D eigenvalue weighted by atomic mass is 35.5. The van der Waals surface area contributed by atoms with E-state index in [0.29, 0.717) is 20.7 Å². The third-order valence-corrected chi connectivity index (χ3v) is 4.92. The molecular weight excluding hydrogens is 370 g/mol. The van der Waals surface area contributed by atoms with E-state index in [0.717, 1.165) is 16.7 Å². The molecule has 0 spiro atoms. The first-order chi connectivity index (χ1) is 12.6. The van der Waals surface area contributed by atoms with Gasteiger partial charge in [-0.15, -0.1) is 0 Å². The zero-order valence-electron chi connectivity index (χ0n) is 14.2. The second kappa shape index (κ2) is 8.12. The Kier molecular flexibility index (Phi) is 5.65. The highest BCUT2D eigenvalue weighted by molar-refractivity contribution is 7.17. The maximum absolute atomic E-state index is 12.6. The van der Waals surface area contributed by atoms with Gasteiger partial charge in [0.05, 0.1) is 11.9 Å². The Morgan fingerprint density at radius 2 is 2.08 bits per heavy atom. The number of benzene rings is 2. The fourth-order valence-electron chi connectivity index (χ4n) is 2.50. The lowest BCUT2D eigenvalue weighted by Gasteiger charge is -2.11. The summed E-state index contributed by atoms with van der Waals surface area (Å²) in [6.45, 7) is 1.77. The number of hydrogen-bond acceptors (Lipinski definition) is 5. The molecule has 0 saturated carbocycles. The number of aromatic nitrogens is 1. The maximum Gasteiger partial charge on any atom is 0.267 e. The summed E-state index contributed by atoms with van der Waals surface area (Å²) in [5.41, 5.74) is 4.09. The standard InChI is InChI=1S/C19H16ClN3O2S/c1-12-17(26-19(20)22-12)18(24)23-16-9-4-3-8-15(16)14-7-5-6-13(10-14)11-21-25-2/h3-11H,1-2H3,(H,23,24)/b21-11+. The van der Waals surface area contributed by atoms with Crippen molar-refractivity contribution in [3.63, 3.8) is 0 Å². The van der Waals surface area contributed by atoms with E-state index in [4.69, 9.17) is 16.4 Å². The molecule has 1 amide bonds. The van der Waals surface area contributed by atoms with Crippen LogP contribution in [0.15, 0.2) is 53.7 Å². The average Bonchev–Trinajstić information content (AvgIpc) is 2.99. The number of para-hydroxylation sites is 1. The molecule has 0 bridgehead atoms. The van der Waals surface area contributed by atoms with Crippen LogP contribution in [0, 0.1) is 6.92 Å². The van der Waals surface area contributed by atoms with E-state index in [2.05, 4.69) is 15.5 Å². The van der Waals surface area contributed by atoms with Gasteiger partial charge in [-0.25, -0.2) is 4.98 Å². The molecular formula is C19H16ClN3O2S. The number of thiazole rings is 1. The van der Waals surface area contributed by atoms with E-state index in [-0.39, 0.29) is 5.91 Å². The normalized spacial score (nSPS) is 10.9. The van der Waals surface area contributed by atoms with Crippen LogP contribution in [0.5, 0.6) is 0 Å². The van der Waals surface area contributed by atoms with E-state index in [9.17, 15) is 4.79 Å². The summed E-state index contributed by atoms with van der Waals surface area (Å²) in [6.07, 6.45) is 1.63. The number of nitrogens with one attached hydrogen (secondary N) is 1. The van der Waals surface area contributed by atoms with Crippen LogP contribution >= 0.6 is 22.9 Å². The summed E-state index contributed by atoms with van der Waals surface area (Å²) in [5, 5.41) is 6.74. The highest BCUT2D eigenvalue weighted by Crippen LogP contribution is 2.30. The molecule has 0 unspecified atom stereocenters. The summed E-state index contributed by atoms with van der Waals surface area (Å²) in [5.74, 6) is -0.226. The summed E-state index contributed by atoms with van der Waals surface area (Å²) >= 11 is 7.07. The van der Waals surface area contributed by atoms with E-state index < -0.39 is 0 Å². The van der Waals surface area contributed by atoms with E-state index >= 15 is 0 Å². The summed E-state index contributed by atoms with van der Waals surface area (Å²) < 4.78 is 0.353. The molecule has 0 saturated heterocycles. The monoisotopic (exact) mass is 385 g/mol. The van der Waals surface area contributed by atoms with E-state index in [1.54, 1.807) is 13.1 Å². The van der Waals surface area contributed by atoms with Gasteiger partial charge in [-0.1, -0.05) is 64.5 Å². The van der Waals surface area contributed by atoms with Crippen molar-refractivity contribution in [2.45, 2.75) is 6.92 Å². The Hall–Kier alpha value is -2.70. The molecule has 7 heteroatoms. The van der Waals surface area contributed by atoms with Crippen LogP contribution in [0.4, 0.5) is 5.69 Å². The first-order valence-electron chi connectivity index (χ1n) is 7.78. The molecule has 3 rings (SSSR count). The molecule has 0 radical (unpaired) electrons. The Labute approximate surface area is 160 Å². The number of amides is 1. The van der Waals surface area contributed by atoms with Crippen molar-refractivity contribution in [2.75, 3.05) is 12.4 Å². The molecule has 0 aliphatic rings. The number of oxime groups is 1. The van der Waals surface area contributed by atoms with E-state index in [1.165, 1.54) is 18.4 Å². The minimum Gasteiger partial charge on any atom is -0.399 e. The predicted molar refractivity (Wildman–Crippen MR) is 106 cm³/mol. The number of nitrogens with zero attached hydrogens (tertiary/aromatic N) is 2. The number of halogens is 1.